The smallest absolute Gasteiger partial charge is 0.120 e. The molecule has 0 bridgehead atoms. The maximum absolute atomic E-state index is 9.53. The van der Waals surface area contributed by atoms with Crippen LogP contribution in [0.1, 0.15) is 5.56 Å². The third-order valence-corrected chi connectivity index (χ3v) is 2.49. The molecule has 0 aliphatic carbocycles. The lowest BCUT2D eigenvalue weighted by molar-refractivity contribution is 0.471. The fraction of sp³-hybridized carbons (Fsp3) is 0.0909. The molecular weight excluding hydrogens is 200 g/mol. The van der Waals surface area contributed by atoms with Gasteiger partial charge in [0.2, 0.25) is 0 Å². The van der Waals surface area contributed by atoms with Gasteiger partial charge in [-0.2, -0.15) is 0 Å². The lowest BCUT2D eigenvalue weighted by atomic mass is 10.0. The monoisotopic (exact) mass is 208 g/mol. The number of alkyl halides is 1. The van der Waals surface area contributed by atoms with Crippen molar-refractivity contribution in [3.8, 4) is 11.5 Å². The molecule has 0 aliphatic rings. The van der Waals surface area contributed by atoms with Gasteiger partial charge in [0, 0.05) is 5.56 Å². The van der Waals surface area contributed by atoms with Crippen molar-refractivity contribution in [2.24, 2.45) is 0 Å². The van der Waals surface area contributed by atoms with Crippen LogP contribution in [-0.2, 0) is 5.88 Å². The molecule has 0 fully saturated rings. The molecular formula is C11H9ClO2. The fourth-order valence-corrected chi connectivity index (χ4v) is 1.78. The number of phenolic OH excluding ortho intramolecular Hbond substituents is 2. The normalized spacial score (nSPS) is 10.6. The van der Waals surface area contributed by atoms with Crippen molar-refractivity contribution in [1.82, 2.24) is 0 Å². The number of fused-ring (bicyclic) bond motifs is 1. The van der Waals surface area contributed by atoms with Gasteiger partial charge in [-0.15, -0.1) is 11.6 Å². The first-order valence-corrected chi connectivity index (χ1v) is 4.75. The molecule has 0 unspecified atom stereocenters. The summed E-state index contributed by atoms with van der Waals surface area (Å²) in [5.41, 5.74) is 0.653. The van der Waals surface area contributed by atoms with E-state index in [0.29, 0.717) is 5.56 Å². The minimum Gasteiger partial charge on any atom is -0.508 e. The van der Waals surface area contributed by atoms with E-state index in [9.17, 15) is 10.2 Å². The molecule has 2 nitrogen and oxygen atoms in total. The molecule has 0 spiro atoms. The van der Waals surface area contributed by atoms with Gasteiger partial charge < -0.3 is 10.2 Å². The van der Waals surface area contributed by atoms with Crippen LogP contribution in [-0.4, -0.2) is 10.2 Å². The van der Waals surface area contributed by atoms with Gasteiger partial charge in [-0.1, -0.05) is 12.1 Å². The molecule has 14 heavy (non-hydrogen) atoms. The second-order valence-electron chi connectivity index (χ2n) is 3.10. The number of hydrogen-bond acceptors (Lipinski definition) is 2. The third-order valence-electron chi connectivity index (χ3n) is 2.23. The summed E-state index contributed by atoms with van der Waals surface area (Å²) >= 11 is 5.72. The summed E-state index contributed by atoms with van der Waals surface area (Å²) in [6.07, 6.45) is 0. The predicted octanol–water partition coefficient (Wildman–Crippen LogP) is 2.99. The number of aromatic hydroxyl groups is 2. The van der Waals surface area contributed by atoms with Crippen molar-refractivity contribution in [2.45, 2.75) is 5.88 Å². The van der Waals surface area contributed by atoms with Crippen molar-refractivity contribution >= 4 is 22.4 Å². The van der Waals surface area contributed by atoms with E-state index in [0.717, 1.165) is 10.8 Å². The van der Waals surface area contributed by atoms with E-state index in [1.165, 1.54) is 0 Å². The maximum atomic E-state index is 9.53. The predicted molar refractivity (Wildman–Crippen MR) is 56.8 cm³/mol. The molecule has 2 N–H and O–H groups in total. The van der Waals surface area contributed by atoms with Crippen molar-refractivity contribution in [3.05, 3.63) is 35.9 Å². The van der Waals surface area contributed by atoms with E-state index < -0.39 is 0 Å². The molecule has 0 saturated heterocycles. The van der Waals surface area contributed by atoms with Crippen LogP contribution in [0.15, 0.2) is 30.3 Å². The third kappa shape index (κ3) is 1.38. The Morgan fingerprint density at radius 2 is 1.79 bits per heavy atom. The van der Waals surface area contributed by atoms with Gasteiger partial charge in [0.25, 0.3) is 0 Å². The summed E-state index contributed by atoms with van der Waals surface area (Å²) in [6, 6.07) is 8.40. The highest BCUT2D eigenvalue weighted by atomic mass is 35.5. The number of halogens is 1. The summed E-state index contributed by atoms with van der Waals surface area (Å²) in [6.45, 7) is 0. The molecule has 2 rings (SSSR count). The first kappa shape index (κ1) is 9.16. The number of rotatable bonds is 1. The minimum absolute atomic E-state index is 0.165. The Morgan fingerprint density at radius 3 is 2.50 bits per heavy atom. The molecule has 0 saturated carbocycles. The van der Waals surface area contributed by atoms with Gasteiger partial charge in [0.1, 0.15) is 11.5 Å². The number of hydrogen-bond donors (Lipinski definition) is 2. The molecule has 0 heterocycles. The van der Waals surface area contributed by atoms with E-state index in [1.807, 2.05) is 0 Å². The first-order chi connectivity index (χ1) is 6.72. The maximum Gasteiger partial charge on any atom is 0.120 e. The van der Waals surface area contributed by atoms with Crippen LogP contribution in [0.5, 0.6) is 11.5 Å². The molecule has 0 amide bonds. The molecule has 3 heteroatoms. The average molecular weight is 209 g/mol. The van der Waals surface area contributed by atoms with Gasteiger partial charge in [-0.05, 0) is 29.0 Å². The lowest BCUT2D eigenvalue weighted by Crippen LogP contribution is -1.83. The summed E-state index contributed by atoms with van der Waals surface area (Å²) in [5, 5.41) is 20.6. The standard InChI is InChI=1S/C11H9ClO2/c12-6-10-9-5-8(13)3-1-7(9)2-4-11(10)14/h1-5,13-14H,6H2. The van der Waals surface area contributed by atoms with Gasteiger partial charge in [-0.3, -0.25) is 0 Å². The van der Waals surface area contributed by atoms with Crippen LogP contribution in [0.3, 0.4) is 0 Å². The number of benzene rings is 2. The van der Waals surface area contributed by atoms with E-state index in [-0.39, 0.29) is 17.4 Å². The fourth-order valence-electron chi connectivity index (χ4n) is 1.50. The Bertz CT molecular complexity index is 475. The highest BCUT2D eigenvalue weighted by Crippen LogP contribution is 2.30. The minimum atomic E-state index is 0.165. The van der Waals surface area contributed by atoms with Crippen LogP contribution >= 0.6 is 11.6 Å². The summed E-state index contributed by atoms with van der Waals surface area (Å²) < 4.78 is 0. The van der Waals surface area contributed by atoms with Crippen molar-refractivity contribution in [2.75, 3.05) is 0 Å². The second kappa shape index (κ2) is 3.39. The summed E-state index contributed by atoms with van der Waals surface area (Å²) in [4.78, 5) is 0. The Morgan fingerprint density at radius 1 is 1.07 bits per heavy atom. The van der Waals surface area contributed by atoms with E-state index in [4.69, 9.17) is 11.6 Å². The summed E-state index contributed by atoms with van der Waals surface area (Å²) in [5.74, 6) is 0.569. The van der Waals surface area contributed by atoms with Gasteiger partial charge >= 0.3 is 0 Å². The van der Waals surface area contributed by atoms with Gasteiger partial charge in [0.05, 0.1) is 5.88 Å². The highest BCUT2D eigenvalue weighted by Gasteiger charge is 2.05. The molecule has 0 atom stereocenters. The van der Waals surface area contributed by atoms with Gasteiger partial charge in [0.15, 0.2) is 0 Å². The Kier molecular flexibility index (Phi) is 2.22. The van der Waals surface area contributed by atoms with Gasteiger partial charge in [-0.25, -0.2) is 0 Å². The average Bonchev–Trinajstić information content (AvgIpc) is 2.17. The van der Waals surface area contributed by atoms with E-state index >= 15 is 0 Å². The zero-order chi connectivity index (χ0) is 10.1. The molecule has 72 valence electrons. The zero-order valence-corrected chi connectivity index (χ0v) is 8.12. The van der Waals surface area contributed by atoms with Crippen LogP contribution in [0.2, 0.25) is 0 Å². The van der Waals surface area contributed by atoms with E-state index in [2.05, 4.69) is 0 Å². The molecule has 0 aliphatic heterocycles. The van der Waals surface area contributed by atoms with Crippen LogP contribution < -0.4 is 0 Å². The first-order valence-electron chi connectivity index (χ1n) is 4.22. The number of phenols is 2. The van der Waals surface area contributed by atoms with E-state index in [1.54, 1.807) is 30.3 Å². The lowest BCUT2D eigenvalue weighted by Gasteiger charge is -2.06. The van der Waals surface area contributed by atoms with Crippen molar-refractivity contribution in [1.29, 1.82) is 0 Å². The SMILES string of the molecule is Oc1ccc2ccc(O)c(CCl)c2c1. The molecule has 2 aromatic rings. The molecule has 0 aromatic heterocycles. The van der Waals surface area contributed by atoms with Crippen LogP contribution in [0.25, 0.3) is 10.8 Å². The zero-order valence-electron chi connectivity index (χ0n) is 7.37. The summed E-state index contributed by atoms with van der Waals surface area (Å²) in [7, 11) is 0. The quantitative estimate of drug-likeness (QED) is 0.708. The Labute approximate surface area is 86.4 Å². The largest absolute Gasteiger partial charge is 0.508 e. The van der Waals surface area contributed by atoms with Crippen LogP contribution in [0, 0.1) is 0 Å². The topological polar surface area (TPSA) is 40.5 Å². The van der Waals surface area contributed by atoms with Crippen molar-refractivity contribution < 1.29 is 10.2 Å². The molecule has 0 radical (unpaired) electrons. The molecule has 2 aromatic carbocycles. The Hall–Kier alpha value is -1.41. The Balaban J connectivity index is 2.84. The second-order valence-corrected chi connectivity index (χ2v) is 3.37. The van der Waals surface area contributed by atoms with Crippen LogP contribution in [0.4, 0.5) is 0 Å². The van der Waals surface area contributed by atoms with Crippen molar-refractivity contribution in [3.63, 3.8) is 0 Å². The highest BCUT2D eigenvalue weighted by molar-refractivity contribution is 6.18.